The fourth-order valence-electron chi connectivity index (χ4n) is 4.99. The van der Waals surface area contributed by atoms with E-state index in [2.05, 4.69) is 46.5 Å². The number of ether oxygens (including phenoxy) is 1. The first-order chi connectivity index (χ1) is 17.0. The van der Waals surface area contributed by atoms with Crippen molar-refractivity contribution in [3.63, 3.8) is 0 Å². The summed E-state index contributed by atoms with van der Waals surface area (Å²) in [6.45, 7) is 5.22. The third-order valence-corrected chi connectivity index (χ3v) is 7.58. The number of halogens is 1. The molecule has 2 aliphatic rings. The number of hydrogen-bond donors (Lipinski definition) is 1. The second kappa shape index (κ2) is 9.86. The number of aryl methyl sites for hydroxylation is 1. The van der Waals surface area contributed by atoms with Gasteiger partial charge in [0.1, 0.15) is 12.2 Å². The van der Waals surface area contributed by atoms with E-state index < -0.39 is 0 Å². The van der Waals surface area contributed by atoms with Crippen LogP contribution in [0.1, 0.15) is 55.3 Å². The second-order valence-corrected chi connectivity index (χ2v) is 10.1. The Hall–Kier alpha value is -3.12. The van der Waals surface area contributed by atoms with Gasteiger partial charge in [0, 0.05) is 29.9 Å². The largest absolute Gasteiger partial charge is 0.493 e. The molecule has 3 aromatic rings. The summed E-state index contributed by atoms with van der Waals surface area (Å²) in [5.41, 5.74) is 2.99. The average molecular weight is 490 g/mol. The highest BCUT2D eigenvalue weighted by Crippen LogP contribution is 2.44. The van der Waals surface area contributed by atoms with Gasteiger partial charge in [-0.25, -0.2) is 9.97 Å². The zero-order chi connectivity index (χ0) is 24.4. The number of methoxy groups -OCH3 is 1. The molecule has 182 valence electrons. The van der Waals surface area contributed by atoms with Crippen LogP contribution in [0.15, 0.2) is 60.1 Å². The molecular weight excluding hydrogens is 458 g/mol. The smallest absolute Gasteiger partial charge is 0.180 e. The van der Waals surface area contributed by atoms with E-state index in [0.29, 0.717) is 11.7 Å². The van der Waals surface area contributed by atoms with E-state index in [-0.39, 0.29) is 11.5 Å². The molecule has 1 aliphatic carbocycles. The van der Waals surface area contributed by atoms with Gasteiger partial charge < -0.3 is 10.1 Å². The minimum Gasteiger partial charge on any atom is -0.493 e. The molecule has 35 heavy (non-hydrogen) atoms. The van der Waals surface area contributed by atoms with E-state index in [4.69, 9.17) is 21.3 Å². The molecule has 1 saturated heterocycles. The van der Waals surface area contributed by atoms with Crippen LogP contribution in [0.5, 0.6) is 5.75 Å². The lowest BCUT2D eigenvalue weighted by Crippen LogP contribution is -2.46. The monoisotopic (exact) mass is 489 g/mol. The lowest BCUT2D eigenvalue weighted by Gasteiger charge is -2.44. The molecule has 0 radical (unpaired) electrons. The molecule has 2 fully saturated rings. The number of aliphatic imine (C=N–C) groups is 1. The molecular formula is C28H32ClN5O. The SMILES string of the molecule is COc1cc(/C=C/C2(/N=C3\NCCC[C@@H]3c3ccc(Cl)cc3)CCC2C)cnc1-n1cnc(C)c1. The van der Waals surface area contributed by atoms with Gasteiger partial charge in [0.2, 0.25) is 0 Å². The summed E-state index contributed by atoms with van der Waals surface area (Å²) in [6.07, 6.45) is 14.4. The van der Waals surface area contributed by atoms with Crippen molar-refractivity contribution in [3.05, 3.63) is 77.0 Å². The summed E-state index contributed by atoms with van der Waals surface area (Å²) in [4.78, 5) is 14.3. The lowest BCUT2D eigenvalue weighted by molar-refractivity contribution is 0.201. The molecule has 7 heteroatoms. The first kappa shape index (κ1) is 23.6. The number of hydrogen-bond acceptors (Lipinski definition) is 4. The summed E-state index contributed by atoms with van der Waals surface area (Å²) >= 11 is 6.14. The minimum atomic E-state index is -0.211. The van der Waals surface area contributed by atoms with Crippen LogP contribution in [-0.4, -0.2) is 39.6 Å². The number of nitrogens with zero attached hydrogens (tertiary/aromatic N) is 4. The summed E-state index contributed by atoms with van der Waals surface area (Å²) < 4.78 is 7.53. The van der Waals surface area contributed by atoms with Gasteiger partial charge in [-0.3, -0.25) is 9.56 Å². The zero-order valence-electron chi connectivity index (χ0n) is 20.5. The predicted octanol–water partition coefficient (Wildman–Crippen LogP) is 5.99. The highest BCUT2D eigenvalue weighted by atomic mass is 35.5. The van der Waals surface area contributed by atoms with E-state index in [1.165, 1.54) is 12.0 Å². The summed E-state index contributed by atoms with van der Waals surface area (Å²) in [7, 11) is 1.67. The van der Waals surface area contributed by atoms with Gasteiger partial charge in [0.25, 0.3) is 0 Å². The van der Waals surface area contributed by atoms with Crippen molar-refractivity contribution in [1.29, 1.82) is 0 Å². The Morgan fingerprint density at radius 1 is 1.23 bits per heavy atom. The summed E-state index contributed by atoms with van der Waals surface area (Å²) in [6, 6.07) is 10.2. The van der Waals surface area contributed by atoms with Crippen molar-refractivity contribution >= 4 is 23.5 Å². The van der Waals surface area contributed by atoms with Gasteiger partial charge >= 0.3 is 0 Å². The van der Waals surface area contributed by atoms with E-state index in [1.54, 1.807) is 13.4 Å². The maximum absolute atomic E-state index is 6.14. The molecule has 5 rings (SSSR count). The Kier molecular flexibility index (Phi) is 6.65. The summed E-state index contributed by atoms with van der Waals surface area (Å²) in [5.74, 6) is 3.29. The summed E-state index contributed by atoms with van der Waals surface area (Å²) in [5, 5.41) is 4.38. The Bertz CT molecular complexity index is 1250. The van der Waals surface area contributed by atoms with Gasteiger partial charge in [-0.05, 0) is 67.9 Å². The minimum absolute atomic E-state index is 0.211. The van der Waals surface area contributed by atoms with Crippen LogP contribution < -0.4 is 10.1 Å². The molecule has 1 aromatic carbocycles. The van der Waals surface area contributed by atoms with Crippen LogP contribution in [0.4, 0.5) is 0 Å². The first-order valence-corrected chi connectivity index (χ1v) is 12.7. The Labute approximate surface area is 212 Å². The number of amidine groups is 1. The lowest BCUT2D eigenvalue weighted by atomic mass is 9.67. The van der Waals surface area contributed by atoms with Crippen molar-refractivity contribution in [2.45, 2.75) is 51.0 Å². The van der Waals surface area contributed by atoms with E-state index >= 15 is 0 Å². The number of benzene rings is 1. The standard InChI is InChI=1S/C28H32ClN5O/c1-19-10-12-28(19,33-26-24(5-4-14-30-26)22-6-8-23(29)9-7-22)13-11-21-15-25(35-3)27(31-16-21)34-17-20(2)32-18-34/h6-9,11,13,15-19,24H,4-5,10,12,14H2,1-3H3,(H,30,33)/b13-11+/t19?,24-,28?/m1/s1. The van der Waals surface area contributed by atoms with E-state index in [9.17, 15) is 0 Å². The Morgan fingerprint density at radius 3 is 2.71 bits per heavy atom. The third-order valence-electron chi connectivity index (χ3n) is 7.33. The van der Waals surface area contributed by atoms with E-state index in [0.717, 1.165) is 53.7 Å². The maximum atomic E-state index is 6.14. The Balaban J connectivity index is 1.44. The van der Waals surface area contributed by atoms with Crippen LogP contribution in [0.25, 0.3) is 11.9 Å². The van der Waals surface area contributed by atoms with Crippen molar-refractivity contribution in [1.82, 2.24) is 19.9 Å². The van der Waals surface area contributed by atoms with Gasteiger partial charge in [0.15, 0.2) is 11.6 Å². The fourth-order valence-corrected chi connectivity index (χ4v) is 5.11. The van der Waals surface area contributed by atoms with Gasteiger partial charge in [0.05, 0.1) is 18.3 Å². The van der Waals surface area contributed by atoms with Gasteiger partial charge in [-0.15, -0.1) is 0 Å². The number of piperidine rings is 1. The number of aromatic nitrogens is 3. The van der Waals surface area contributed by atoms with Crippen molar-refractivity contribution in [2.75, 3.05) is 13.7 Å². The molecule has 2 unspecified atom stereocenters. The van der Waals surface area contributed by atoms with Crippen LogP contribution >= 0.6 is 11.6 Å². The molecule has 1 saturated carbocycles. The molecule has 2 aromatic heterocycles. The second-order valence-electron chi connectivity index (χ2n) is 9.65. The van der Waals surface area contributed by atoms with Crippen molar-refractivity contribution in [3.8, 4) is 11.6 Å². The molecule has 6 nitrogen and oxygen atoms in total. The fraction of sp³-hybridized carbons (Fsp3) is 0.393. The maximum Gasteiger partial charge on any atom is 0.180 e. The molecule has 3 heterocycles. The molecule has 1 N–H and O–H groups in total. The molecule has 0 bridgehead atoms. The topological polar surface area (TPSA) is 64.3 Å². The van der Waals surface area contributed by atoms with Gasteiger partial charge in [-0.1, -0.05) is 42.8 Å². The highest BCUT2D eigenvalue weighted by Gasteiger charge is 2.43. The quantitative estimate of drug-likeness (QED) is 0.462. The highest BCUT2D eigenvalue weighted by molar-refractivity contribution is 6.30. The Morgan fingerprint density at radius 2 is 2.06 bits per heavy atom. The normalized spacial score (nSPS) is 25.4. The third kappa shape index (κ3) is 4.85. The van der Waals surface area contributed by atoms with Gasteiger partial charge in [-0.2, -0.15) is 0 Å². The first-order valence-electron chi connectivity index (χ1n) is 12.3. The average Bonchev–Trinajstić information content (AvgIpc) is 3.32. The van der Waals surface area contributed by atoms with Crippen molar-refractivity contribution < 1.29 is 4.74 Å². The number of rotatable bonds is 6. The van der Waals surface area contributed by atoms with Crippen molar-refractivity contribution in [2.24, 2.45) is 10.9 Å². The zero-order valence-corrected chi connectivity index (χ0v) is 21.3. The van der Waals surface area contributed by atoms with Crippen LogP contribution in [0, 0.1) is 12.8 Å². The molecule has 1 aliphatic heterocycles. The molecule has 0 spiro atoms. The number of nitrogens with one attached hydrogen (secondary N) is 1. The molecule has 3 atom stereocenters. The number of imidazole rings is 1. The van der Waals surface area contributed by atoms with Crippen LogP contribution in [0.2, 0.25) is 5.02 Å². The predicted molar refractivity (Wildman–Crippen MR) is 142 cm³/mol. The van der Waals surface area contributed by atoms with Crippen LogP contribution in [-0.2, 0) is 0 Å². The van der Waals surface area contributed by atoms with Crippen LogP contribution in [0.3, 0.4) is 0 Å². The van der Waals surface area contributed by atoms with E-state index in [1.807, 2.05) is 42.1 Å². The molecule has 0 amide bonds. The number of pyridine rings is 1.